The third-order valence-electron chi connectivity index (χ3n) is 6.49. The van der Waals surface area contributed by atoms with Gasteiger partial charge in [-0.05, 0) is 51.2 Å². The number of rotatable bonds is 7. The molecule has 0 unspecified atom stereocenters. The number of aromatic nitrogens is 5. The number of hydrogen-bond donors (Lipinski definition) is 2. The topological polar surface area (TPSA) is 89.4 Å². The van der Waals surface area contributed by atoms with E-state index in [1.807, 2.05) is 12.3 Å². The number of nitrogens with zero attached hydrogens (tertiary/aromatic N) is 4. The maximum atomic E-state index is 14.0. The summed E-state index contributed by atoms with van der Waals surface area (Å²) in [7, 11) is 1.60. The van der Waals surface area contributed by atoms with Crippen LogP contribution in [-0.4, -0.2) is 49.7 Å². The van der Waals surface area contributed by atoms with E-state index in [4.69, 9.17) is 14.5 Å². The van der Waals surface area contributed by atoms with Gasteiger partial charge in [0, 0.05) is 36.2 Å². The van der Waals surface area contributed by atoms with Gasteiger partial charge in [0.2, 0.25) is 17.8 Å². The van der Waals surface area contributed by atoms with E-state index >= 15 is 0 Å². The van der Waals surface area contributed by atoms with Crippen LogP contribution in [0, 0.1) is 5.95 Å². The van der Waals surface area contributed by atoms with Crippen molar-refractivity contribution >= 4 is 22.6 Å². The number of imidazole rings is 1. The molecule has 0 aliphatic heterocycles. The molecular weight excluding hydrogens is 423 g/mol. The number of aromatic amines is 1. The summed E-state index contributed by atoms with van der Waals surface area (Å²) in [5.74, 6) is 0.592. The number of methoxy groups -OCH3 is 1. The molecule has 0 atom stereocenters. The number of nitrogens with one attached hydrogen (secondary N) is 2. The van der Waals surface area contributed by atoms with Gasteiger partial charge in [0.25, 0.3) is 0 Å². The van der Waals surface area contributed by atoms with Crippen molar-refractivity contribution in [3.63, 3.8) is 0 Å². The predicted molar refractivity (Wildman–Crippen MR) is 125 cm³/mol. The monoisotopic (exact) mass is 452 g/mol. The summed E-state index contributed by atoms with van der Waals surface area (Å²) in [4.78, 5) is 16.6. The lowest BCUT2D eigenvalue weighted by atomic mass is 9.83. The van der Waals surface area contributed by atoms with E-state index < -0.39 is 5.95 Å². The number of ether oxygens (including phenoxy) is 2. The van der Waals surface area contributed by atoms with Crippen LogP contribution in [0.2, 0.25) is 0 Å². The lowest BCUT2D eigenvalue weighted by Crippen LogP contribution is -2.38. The Balaban J connectivity index is 1.40. The van der Waals surface area contributed by atoms with E-state index in [0.29, 0.717) is 23.1 Å². The first-order valence-corrected chi connectivity index (χ1v) is 11.5. The fourth-order valence-corrected chi connectivity index (χ4v) is 4.60. The maximum Gasteiger partial charge on any atom is 0.228 e. The van der Waals surface area contributed by atoms with Crippen LogP contribution in [0.4, 0.5) is 10.3 Å². The summed E-state index contributed by atoms with van der Waals surface area (Å²) in [5.41, 5.74) is 2.82. The van der Waals surface area contributed by atoms with Crippen molar-refractivity contribution in [3.05, 3.63) is 36.7 Å². The smallest absolute Gasteiger partial charge is 0.228 e. The van der Waals surface area contributed by atoms with Gasteiger partial charge in [0.1, 0.15) is 11.3 Å². The van der Waals surface area contributed by atoms with Crippen molar-refractivity contribution in [1.82, 2.24) is 24.3 Å². The minimum atomic E-state index is -0.412. The molecule has 2 N–H and O–H groups in total. The molecule has 0 spiro atoms. The molecule has 174 valence electrons. The molecule has 4 aromatic rings. The Bertz CT molecular complexity index is 1270. The number of fused-ring (bicyclic) bond motifs is 2. The van der Waals surface area contributed by atoms with Crippen LogP contribution in [0.3, 0.4) is 0 Å². The molecule has 0 bridgehead atoms. The van der Waals surface area contributed by atoms with Gasteiger partial charge in [-0.15, -0.1) is 0 Å². The number of anilines is 1. The zero-order valence-corrected chi connectivity index (χ0v) is 19.2. The third kappa shape index (κ3) is 4.13. The van der Waals surface area contributed by atoms with Gasteiger partial charge in [-0.1, -0.05) is 6.92 Å². The average Bonchev–Trinajstić information content (AvgIpc) is 3.42. The Labute approximate surface area is 191 Å². The number of pyridine rings is 1. The lowest BCUT2D eigenvalue weighted by molar-refractivity contribution is -0.0574. The van der Waals surface area contributed by atoms with Crippen LogP contribution in [0.1, 0.15) is 46.0 Å². The van der Waals surface area contributed by atoms with Crippen LogP contribution >= 0.6 is 0 Å². The highest BCUT2D eigenvalue weighted by atomic mass is 19.1. The largest absolute Gasteiger partial charge is 0.480 e. The first-order chi connectivity index (χ1) is 16.0. The minimum absolute atomic E-state index is 0.0408. The molecule has 0 amide bonds. The van der Waals surface area contributed by atoms with E-state index in [9.17, 15) is 4.39 Å². The Morgan fingerprint density at radius 3 is 2.85 bits per heavy atom. The van der Waals surface area contributed by atoms with Crippen LogP contribution in [0.15, 0.2) is 30.7 Å². The SMILES string of the molecule is CCCOC1(C)CCC(Nc2nc(OC)c3c(-c4ccc5ncc(F)n5c4)c[nH]c3n2)CC1. The molecular formula is C24H29FN6O2. The molecule has 1 saturated carbocycles. The van der Waals surface area contributed by atoms with E-state index in [1.165, 1.54) is 10.6 Å². The fraction of sp³-hybridized carbons (Fsp3) is 0.458. The Kier molecular flexibility index (Phi) is 5.65. The molecule has 1 fully saturated rings. The van der Waals surface area contributed by atoms with Crippen molar-refractivity contribution in [1.29, 1.82) is 0 Å². The Hall–Kier alpha value is -3.20. The first kappa shape index (κ1) is 21.6. The summed E-state index contributed by atoms with van der Waals surface area (Å²) in [6, 6.07) is 3.96. The van der Waals surface area contributed by atoms with Gasteiger partial charge in [-0.25, -0.2) is 4.98 Å². The highest BCUT2D eigenvalue weighted by Gasteiger charge is 2.32. The average molecular weight is 453 g/mol. The normalized spacial score (nSPS) is 21.0. The van der Waals surface area contributed by atoms with Crippen LogP contribution in [0.5, 0.6) is 5.88 Å². The molecule has 5 rings (SSSR count). The van der Waals surface area contributed by atoms with Crippen LogP contribution in [-0.2, 0) is 4.74 Å². The second-order valence-corrected chi connectivity index (χ2v) is 8.93. The van der Waals surface area contributed by atoms with E-state index in [1.54, 1.807) is 19.4 Å². The summed E-state index contributed by atoms with van der Waals surface area (Å²) < 4.78 is 27.2. The molecule has 1 aliphatic carbocycles. The van der Waals surface area contributed by atoms with Gasteiger partial charge in [-0.2, -0.15) is 14.4 Å². The Morgan fingerprint density at radius 2 is 2.09 bits per heavy atom. The number of H-pyrrole nitrogens is 1. The molecule has 0 saturated heterocycles. The molecule has 33 heavy (non-hydrogen) atoms. The Morgan fingerprint density at radius 1 is 1.27 bits per heavy atom. The van der Waals surface area contributed by atoms with Crippen LogP contribution < -0.4 is 10.1 Å². The van der Waals surface area contributed by atoms with E-state index in [-0.39, 0.29) is 11.6 Å². The molecule has 9 heteroatoms. The van der Waals surface area contributed by atoms with Crippen LogP contribution in [0.25, 0.3) is 27.8 Å². The van der Waals surface area contributed by atoms with Crippen molar-refractivity contribution in [2.75, 3.05) is 19.0 Å². The maximum absolute atomic E-state index is 14.0. The van der Waals surface area contributed by atoms with Gasteiger partial charge in [0.05, 0.1) is 24.3 Å². The van der Waals surface area contributed by atoms with Crippen molar-refractivity contribution < 1.29 is 13.9 Å². The van der Waals surface area contributed by atoms with Gasteiger partial charge < -0.3 is 19.8 Å². The fourth-order valence-electron chi connectivity index (χ4n) is 4.60. The predicted octanol–water partition coefficient (Wildman–Crippen LogP) is 4.96. The quantitative estimate of drug-likeness (QED) is 0.412. The van der Waals surface area contributed by atoms with Crippen molar-refractivity contribution in [2.24, 2.45) is 0 Å². The summed E-state index contributed by atoms with van der Waals surface area (Å²) in [6.45, 7) is 5.15. The summed E-state index contributed by atoms with van der Waals surface area (Å²) >= 11 is 0. The second kappa shape index (κ2) is 8.62. The van der Waals surface area contributed by atoms with Gasteiger partial charge in [-0.3, -0.25) is 4.40 Å². The van der Waals surface area contributed by atoms with E-state index in [2.05, 4.69) is 34.1 Å². The standard InChI is InChI=1S/C24H29FN6O2/c1-4-11-33-24(2)9-7-16(8-10-24)28-23-29-21-20(22(30-23)32-3)17(12-27-21)15-5-6-19-26-13-18(25)31(19)14-15/h5-6,12-14,16H,4,7-11H2,1-3H3,(H2,27,28,29,30). The number of hydrogen-bond acceptors (Lipinski definition) is 6. The third-order valence-corrected chi connectivity index (χ3v) is 6.49. The molecule has 8 nitrogen and oxygen atoms in total. The summed E-state index contributed by atoms with van der Waals surface area (Å²) in [6.07, 6.45) is 9.80. The lowest BCUT2D eigenvalue weighted by Gasteiger charge is -2.37. The highest BCUT2D eigenvalue weighted by Crippen LogP contribution is 2.36. The number of halogens is 1. The van der Waals surface area contributed by atoms with Gasteiger partial charge in [0.15, 0.2) is 0 Å². The molecule has 0 radical (unpaired) electrons. The zero-order chi connectivity index (χ0) is 23.0. The molecule has 0 aromatic carbocycles. The van der Waals surface area contributed by atoms with Crippen molar-refractivity contribution in [2.45, 2.75) is 57.6 Å². The minimum Gasteiger partial charge on any atom is -0.480 e. The van der Waals surface area contributed by atoms with Gasteiger partial charge >= 0.3 is 0 Å². The molecule has 1 aliphatic rings. The molecule has 4 heterocycles. The summed E-state index contributed by atoms with van der Waals surface area (Å²) in [5, 5.41) is 4.24. The van der Waals surface area contributed by atoms with Crippen molar-refractivity contribution in [3.8, 4) is 17.0 Å². The second-order valence-electron chi connectivity index (χ2n) is 8.93. The van der Waals surface area contributed by atoms with E-state index in [0.717, 1.165) is 55.2 Å². The first-order valence-electron chi connectivity index (χ1n) is 11.5. The zero-order valence-electron chi connectivity index (χ0n) is 19.2. The highest BCUT2D eigenvalue weighted by molar-refractivity contribution is 5.97. The molecule has 4 aromatic heterocycles.